The summed E-state index contributed by atoms with van der Waals surface area (Å²) in [4.78, 5) is 28.7. The zero-order valence-corrected chi connectivity index (χ0v) is 17.7. The molecule has 0 aromatic carbocycles. The van der Waals surface area contributed by atoms with E-state index >= 15 is 0 Å². The standard InChI is InChI=1S/C22H32N4O3/c1-4-12-26(22(28)17-7-8-17)15-18-6-5-13-25(18)16-19-9-10-20(29-19)21(27)23-11-14-24(2)3/h5-6,9-10,13,17H,4,7-8,11-12,14-16H2,1-3H3,(H,23,27). The molecule has 1 fully saturated rings. The number of nitrogens with zero attached hydrogens (tertiary/aromatic N) is 3. The van der Waals surface area contributed by atoms with Crippen LogP contribution in [0.25, 0.3) is 0 Å². The Labute approximate surface area is 172 Å². The minimum absolute atomic E-state index is 0.199. The van der Waals surface area contributed by atoms with Gasteiger partial charge < -0.3 is 24.1 Å². The maximum absolute atomic E-state index is 12.5. The van der Waals surface area contributed by atoms with Gasteiger partial charge in [-0.1, -0.05) is 6.92 Å². The lowest BCUT2D eigenvalue weighted by Crippen LogP contribution is -2.33. The predicted molar refractivity (Wildman–Crippen MR) is 112 cm³/mol. The molecule has 0 atom stereocenters. The second-order valence-electron chi connectivity index (χ2n) is 7.99. The Hall–Kier alpha value is -2.54. The smallest absolute Gasteiger partial charge is 0.287 e. The summed E-state index contributed by atoms with van der Waals surface area (Å²) in [7, 11) is 3.93. The first-order valence-electron chi connectivity index (χ1n) is 10.4. The number of rotatable bonds is 11. The first kappa shape index (κ1) is 21.2. The van der Waals surface area contributed by atoms with E-state index in [9.17, 15) is 9.59 Å². The van der Waals surface area contributed by atoms with Gasteiger partial charge in [0.2, 0.25) is 5.91 Å². The second-order valence-corrected chi connectivity index (χ2v) is 7.99. The summed E-state index contributed by atoms with van der Waals surface area (Å²) < 4.78 is 7.83. The van der Waals surface area contributed by atoms with Gasteiger partial charge in [0.05, 0.1) is 13.1 Å². The largest absolute Gasteiger partial charge is 0.454 e. The van der Waals surface area contributed by atoms with Crippen LogP contribution in [0.5, 0.6) is 0 Å². The van der Waals surface area contributed by atoms with E-state index in [0.717, 1.165) is 43.8 Å². The topological polar surface area (TPSA) is 70.7 Å². The Morgan fingerprint density at radius 3 is 2.69 bits per heavy atom. The van der Waals surface area contributed by atoms with Crippen LogP contribution in [-0.4, -0.2) is 59.9 Å². The average Bonchev–Trinajstić information content (AvgIpc) is 3.28. The number of nitrogens with one attached hydrogen (secondary N) is 1. The van der Waals surface area contributed by atoms with Crippen LogP contribution in [0.2, 0.25) is 0 Å². The van der Waals surface area contributed by atoms with Crippen LogP contribution in [0.3, 0.4) is 0 Å². The minimum atomic E-state index is -0.199. The molecule has 29 heavy (non-hydrogen) atoms. The third-order valence-corrected chi connectivity index (χ3v) is 5.06. The van der Waals surface area contributed by atoms with Crippen LogP contribution in [0.15, 0.2) is 34.9 Å². The molecule has 0 radical (unpaired) electrons. The van der Waals surface area contributed by atoms with Gasteiger partial charge >= 0.3 is 0 Å². The van der Waals surface area contributed by atoms with Crippen LogP contribution < -0.4 is 5.32 Å². The SMILES string of the molecule is CCCN(Cc1cccn1Cc1ccc(C(=O)NCCN(C)C)o1)C(=O)C1CC1. The Balaban J connectivity index is 1.60. The Morgan fingerprint density at radius 1 is 1.21 bits per heavy atom. The number of likely N-dealkylation sites (N-methyl/N-ethyl adjacent to an activating group) is 1. The summed E-state index contributed by atoms with van der Waals surface area (Å²) in [6, 6.07) is 7.58. The molecular weight excluding hydrogens is 368 g/mol. The van der Waals surface area contributed by atoms with E-state index in [1.165, 1.54) is 0 Å². The van der Waals surface area contributed by atoms with Crippen molar-refractivity contribution in [2.75, 3.05) is 33.7 Å². The highest BCUT2D eigenvalue weighted by atomic mass is 16.4. The Kier molecular flexibility index (Phi) is 7.14. The molecule has 0 bridgehead atoms. The molecule has 7 heteroatoms. The number of amides is 2. The van der Waals surface area contributed by atoms with Crippen molar-refractivity contribution >= 4 is 11.8 Å². The molecule has 1 saturated carbocycles. The monoisotopic (exact) mass is 400 g/mol. The summed E-state index contributed by atoms with van der Waals surface area (Å²) in [6.07, 6.45) is 4.97. The predicted octanol–water partition coefficient (Wildman–Crippen LogP) is 2.57. The fraction of sp³-hybridized carbons (Fsp3) is 0.545. The van der Waals surface area contributed by atoms with E-state index in [2.05, 4.69) is 16.8 Å². The molecule has 0 unspecified atom stereocenters. The van der Waals surface area contributed by atoms with Crippen molar-refractivity contribution in [1.82, 2.24) is 19.7 Å². The normalized spacial score (nSPS) is 13.7. The van der Waals surface area contributed by atoms with E-state index in [0.29, 0.717) is 25.4 Å². The molecule has 1 aliphatic rings. The van der Waals surface area contributed by atoms with Crippen LogP contribution >= 0.6 is 0 Å². The number of hydrogen-bond acceptors (Lipinski definition) is 4. The maximum atomic E-state index is 12.5. The molecule has 3 rings (SSSR count). The third kappa shape index (κ3) is 5.97. The molecule has 0 aliphatic heterocycles. The van der Waals surface area contributed by atoms with Gasteiger partial charge in [0.15, 0.2) is 5.76 Å². The Bertz CT molecular complexity index is 820. The summed E-state index contributed by atoms with van der Waals surface area (Å²) in [5.74, 6) is 1.34. The summed E-state index contributed by atoms with van der Waals surface area (Å²) in [5, 5.41) is 2.86. The molecule has 0 saturated heterocycles. The molecule has 7 nitrogen and oxygen atoms in total. The van der Waals surface area contributed by atoms with Crippen molar-refractivity contribution in [2.45, 2.75) is 39.3 Å². The first-order chi connectivity index (χ1) is 14.0. The zero-order chi connectivity index (χ0) is 20.8. The van der Waals surface area contributed by atoms with Crippen molar-refractivity contribution < 1.29 is 14.0 Å². The van der Waals surface area contributed by atoms with Crippen LogP contribution in [0.4, 0.5) is 0 Å². The van der Waals surface area contributed by atoms with E-state index in [4.69, 9.17) is 4.42 Å². The van der Waals surface area contributed by atoms with Crippen LogP contribution in [0, 0.1) is 5.92 Å². The van der Waals surface area contributed by atoms with Gasteiger partial charge in [-0.3, -0.25) is 9.59 Å². The molecule has 2 aromatic heterocycles. The molecule has 0 spiro atoms. The number of aromatic nitrogens is 1. The fourth-order valence-corrected chi connectivity index (χ4v) is 3.30. The van der Waals surface area contributed by atoms with Gasteiger partial charge in [0.25, 0.3) is 5.91 Å². The number of hydrogen-bond donors (Lipinski definition) is 1. The number of carbonyl (C=O) groups is 2. The highest BCUT2D eigenvalue weighted by molar-refractivity contribution is 5.91. The molecular formula is C22H32N4O3. The highest BCUT2D eigenvalue weighted by Crippen LogP contribution is 2.31. The first-order valence-corrected chi connectivity index (χ1v) is 10.4. The number of carbonyl (C=O) groups excluding carboxylic acids is 2. The summed E-state index contributed by atoms with van der Waals surface area (Å²) in [5.41, 5.74) is 1.07. The maximum Gasteiger partial charge on any atom is 0.287 e. The van der Waals surface area contributed by atoms with Crippen molar-refractivity contribution in [3.8, 4) is 0 Å². The van der Waals surface area contributed by atoms with Gasteiger partial charge in [0, 0.05) is 37.4 Å². The fourth-order valence-electron chi connectivity index (χ4n) is 3.30. The van der Waals surface area contributed by atoms with Gasteiger partial charge in [-0.05, 0) is 57.6 Å². The van der Waals surface area contributed by atoms with E-state index < -0.39 is 0 Å². The van der Waals surface area contributed by atoms with E-state index in [1.54, 1.807) is 6.07 Å². The van der Waals surface area contributed by atoms with Crippen molar-refractivity contribution in [2.24, 2.45) is 5.92 Å². The molecule has 158 valence electrons. The van der Waals surface area contributed by atoms with E-state index in [1.807, 2.05) is 48.3 Å². The summed E-state index contributed by atoms with van der Waals surface area (Å²) >= 11 is 0. The number of furan rings is 1. The molecule has 2 amide bonds. The molecule has 1 aliphatic carbocycles. The lowest BCUT2D eigenvalue weighted by Gasteiger charge is -2.23. The molecule has 2 aromatic rings. The average molecular weight is 401 g/mol. The van der Waals surface area contributed by atoms with Crippen LogP contribution in [0.1, 0.15) is 48.2 Å². The minimum Gasteiger partial charge on any atom is -0.454 e. The van der Waals surface area contributed by atoms with Crippen LogP contribution in [-0.2, 0) is 17.9 Å². The van der Waals surface area contributed by atoms with Crippen molar-refractivity contribution in [3.05, 3.63) is 47.7 Å². The molecule has 1 N–H and O–H groups in total. The second kappa shape index (κ2) is 9.78. The van der Waals surface area contributed by atoms with Gasteiger partial charge in [-0.15, -0.1) is 0 Å². The van der Waals surface area contributed by atoms with Gasteiger partial charge in [-0.2, -0.15) is 0 Å². The van der Waals surface area contributed by atoms with Gasteiger partial charge in [0.1, 0.15) is 5.76 Å². The highest BCUT2D eigenvalue weighted by Gasteiger charge is 2.33. The molecule has 2 heterocycles. The third-order valence-electron chi connectivity index (χ3n) is 5.06. The summed E-state index contributed by atoms with van der Waals surface area (Å²) in [6.45, 7) is 5.37. The quantitative estimate of drug-likeness (QED) is 0.629. The van der Waals surface area contributed by atoms with Crippen molar-refractivity contribution in [1.29, 1.82) is 0 Å². The lowest BCUT2D eigenvalue weighted by atomic mass is 10.3. The lowest BCUT2D eigenvalue weighted by molar-refractivity contribution is -0.133. The zero-order valence-electron chi connectivity index (χ0n) is 17.7. The van der Waals surface area contributed by atoms with E-state index in [-0.39, 0.29) is 17.7 Å². The Morgan fingerprint density at radius 2 is 2.00 bits per heavy atom. The van der Waals surface area contributed by atoms with Crippen molar-refractivity contribution in [3.63, 3.8) is 0 Å². The van der Waals surface area contributed by atoms with Gasteiger partial charge in [-0.25, -0.2) is 0 Å².